The molecule has 1 amide bonds. The Labute approximate surface area is 119 Å². The second-order valence-electron chi connectivity index (χ2n) is 5.79. The molecule has 3 atom stereocenters. The van der Waals surface area contributed by atoms with E-state index in [2.05, 4.69) is 5.32 Å². The molecule has 0 aromatic heterocycles. The van der Waals surface area contributed by atoms with Gasteiger partial charge in [0, 0.05) is 6.04 Å². The van der Waals surface area contributed by atoms with Gasteiger partial charge in [0.1, 0.15) is 17.1 Å². The highest BCUT2D eigenvalue weighted by molar-refractivity contribution is 5.99. The highest BCUT2D eigenvalue weighted by Gasteiger charge is 2.40. The van der Waals surface area contributed by atoms with Crippen molar-refractivity contribution in [3.63, 3.8) is 0 Å². The van der Waals surface area contributed by atoms with Crippen LogP contribution in [-0.2, 0) is 0 Å². The molecule has 1 aromatic rings. The Morgan fingerprint density at radius 3 is 2.35 bits per heavy atom. The minimum absolute atomic E-state index is 0.0862. The number of carbonyl (C=O) groups excluding carboxylic acids is 1. The van der Waals surface area contributed by atoms with E-state index in [1.54, 1.807) is 26.4 Å². The van der Waals surface area contributed by atoms with E-state index < -0.39 is 0 Å². The fourth-order valence-corrected chi connectivity index (χ4v) is 3.74. The fraction of sp³-hybridized carbons (Fsp3) is 0.562. The predicted molar refractivity (Wildman–Crippen MR) is 76.2 cm³/mol. The molecule has 2 bridgehead atoms. The Balaban J connectivity index is 1.80. The first kappa shape index (κ1) is 13.3. The molecule has 2 fully saturated rings. The molecule has 0 spiro atoms. The van der Waals surface area contributed by atoms with Crippen LogP contribution in [0.2, 0.25) is 0 Å². The third kappa shape index (κ3) is 2.23. The zero-order chi connectivity index (χ0) is 14.1. The van der Waals surface area contributed by atoms with Crippen LogP contribution in [0.1, 0.15) is 36.0 Å². The first-order chi connectivity index (χ1) is 9.72. The third-order valence-electron chi connectivity index (χ3n) is 4.71. The molecule has 0 heterocycles. The van der Waals surface area contributed by atoms with Crippen LogP contribution in [0.3, 0.4) is 0 Å². The molecule has 108 valence electrons. The minimum Gasteiger partial charge on any atom is -0.496 e. The van der Waals surface area contributed by atoms with Crippen molar-refractivity contribution in [3.8, 4) is 11.5 Å². The van der Waals surface area contributed by atoms with E-state index in [1.165, 1.54) is 19.3 Å². The van der Waals surface area contributed by atoms with Crippen LogP contribution in [0.15, 0.2) is 18.2 Å². The molecule has 4 heteroatoms. The summed E-state index contributed by atoms with van der Waals surface area (Å²) < 4.78 is 10.6. The first-order valence-corrected chi connectivity index (χ1v) is 7.24. The van der Waals surface area contributed by atoms with Crippen molar-refractivity contribution in [2.75, 3.05) is 14.2 Å². The number of ether oxygens (including phenoxy) is 2. The SMILES string of the molecule is COc1cccc(OC)c1C(=O)N[C@H]1C[C@@H]2CC[C@@H]1C2. The summed E-state index contributed by atoms with van der Waals surface area (Å²) in [6, 6.07) is 5.72. The number of methoxy groups -OCH3 is 2. The standard InChI is InChI=1S/C16H21NO3/c1-19-13-4-3-5-14(20-2)15(13)16(18)17-12-9-10-6-7-11(12)8-10/h3-5,10-12H,6-9H2,1-2H3,(H,17,18)/t10-,11-,12+/m1/s1. The molecular weight excluding hydrogens is 254 g/mol. The van der Waals surface area contributed by atoms with Gasteiger partial charge in [-0.2, -0.15) is 0 Å². The molecule has 2 aliphatic rings. The van der Waals surface area contributed by atoms with Crippen molar-refractivity contribution in [1.82, 2.24) is 5.32 Å². The average molecular weight is 275 g/mol. The molecule has 3 rings (SSSR count). The topological polar surface area (TPSA) is 47.6 Å². The zero-order valence-electron chi connectivity index (χ0n) is 12.0. The second kappa shape index (κ2) is 5.35. The van der Waals surface area contributed by atoms with Crippen molar-refractivity contribution in [1.29, 1.82) is 0 Å². The summed E-state index contributed by atoms with van der Waals surface area (Å²) in [6.45, 7) is 0. The van der Waals surface area contributed by atoms with Crippen LogP contribution < -0.4 is 14.8 Å². The summed E-state index contributed by atoms with van der Waals surface area (Å²) in [6.07, 6.45) is 4.97. The van der Waals surface area contributed by atoms with Crippen LogP contribution in [0.5, 0.6) is 11.5 Å². The van der Waals surface area contributed by atoms with Crippen LogP contribution in [0, 0.1) is 11.8 Å². The number of hydrogen-bond donors (Lipinski definition) is 1. The van der Waals surface area contributed by atoms with Gasteiger partial charge >= 0.3 is 0 Å². The summed E-state index contributed by atoms with van der Waals surface area (Å²) in [7, 11) is 3.15. The maximum Gasteiger partial charge on any atom is 0.259 e. The van der Waals surface area contributed by atoms with Gasteiger partial charge < -0.3 is 14.8 Å². The second-order valence-corrected chi connectivity index (χ2v) is 5.79. The van der Waals surface area contributed by atoms with Crippen molar-refractivity contribution < 1.29 is 14.3 Å². The van der Waals surface area contributed by atoms with E-state index in [0.717, 1.165) is 12.3 Å². The zero-order valence-corrected chi connectivity index (χ0v) is 12.0. The largest absolute Gasteiger partial charge is 0.496 e. The quantitative estimate of drug-likeness (QED) is 0.919. The molecule has 2 aliphatic carbocycles. The van der Waals surface area contributed by atoms with Crippen molar-refractivity contribution >= 4 is 5.91 Å². The van der Waals surface area contributed by atoms with E-state index in [1.807, 2.05) is 6.07 Å². The molecule has 4 nitrogen and oxygen atoms in total. The summed E-state index contributed by atoms with van der Waals surface area (Å²) in [5.74, 6) is 2.50. The molecule has 1 aromatic carbocycles. The monoisotopic (exact) mass is 275 g/mol. The van der Waals surface area contributed by atoms with Gasteiger partial charge in [-0.3, -0.25) is 4.79 Å². The molecule has 0 aliphatic heterocycles. The van der Waals surface area contributed by atoms with Gasteiger partial charge in [0.2, 0.25) is 0 Å². The number of hydrogen-bond acceptors (Lipinski definition) is 3. The molecule has 0 unspecified atom stereocenters. The fourth-order valence-electron chi connectivity index (χ4n) is 3.74. The first-order valence-electron chi connectivity index (χ1n) is 7.24. The van der Waals surface area contributed by atoms with Gasteiger partial charge in [-0.1, -0.05) is 12.5 Å². The highest BCUT2D eigenvalue weighted by atomic mass is 16.5. The van der Waals surface area contributed by atoms with Gasteiger partial charge in [-0.25, -0.2) is 0 Å². The summed E-state index contributed by atoms with van der Waals surface area (Å²) in [5, 5.41) is 3.18. The summed E-state index contributed by atoms with van der Waals surface area (Å²) >= 11 is 0. The molecule has 2 saturated carbocycles. The normalized spacial score (nSPS) is 27.4. The molecule has 0 radical (unpaired) electrons. The molecule has 1 N–H and O–H groups in total. The number of amides is 1. The van der Waals surface area contributed by atoms with Crippen LogP contribution >= 0.6 is 0 Å². The van der Waals surface area contributed by atoms with Crippen LogP contribution in [0.4, 0.5) is 0 Å². The smallest absolute Gasteiger partial charge is 0.259 e. The van der Waals surface area contributed by atoms with E-state index in [-0.39, 0.29) is 5.91 Å². The maximum atomic E-state index is 12.6. The number of carbonyl (C=O) groups is 1. The van der Waals surface area contributed by atoms with Gasteiger partial charge in [0.25, 0.3) is 5.91 Å². The van der Waals surface area contributed by atoms with E-state index in [4.69, 9.17) is 9.47 Å². The lowest BCUT2D eigenvalue weighted by Crippen LogP contribution is -2.38. The van der Waals surface area contributed by atoms with Crippen molar-refractivity contribution in [2.24, 2.45) is 11.8 Å². The van der Waals surface area contributed by atoms with E-state index in [0.29, 0.717) is 29.0 Å². The van der Waals surface area contributed by atoms with E-state index >= 15 is 0 Å². The molecule has 0 saturated heterocycles. The number of fused-ring (bicyclic) bond motifs is 2. The van der Waals surface area contributed by atoms with Crippen molar-refractivity contribution in [2.45, 2.75) is 31.7 Å². The summed E-state index contributed by atoms with van der Waals surface area (Å²) in [5.41, 5.74) is 0.500. The van der Waals surface area contributed by atoms with Gasteiger partial charge in [0.15, 0.2) is 0 Å². The van der Waals surface area contributed by atoms with Gasteiger partial charge in [-0.15, -0.1) is 0 Å². The van der Waals surface area contributed by atoms with E-state index in [9.17, 15) is 4.79 Å². The lowest BCUT2D eigenvalue weighted by atomic mass is 9.95. The predicted octanol–water partition coefficient (Wildman–Crippen LogP) is 2.62. The summed E-state index contributed by atoms with van der Waals surface area (Å²) in [4.78, 5) is 12.6. The Kier molecular flexibility index (Phi) is 3.55. The average Bonchev–Trinajstić information content (AvgIpc) is 3.08. The van der Waals surface area contributed by atoms with Gasteiger partial charge in [0.05, 0.1) is 14.2 Å². The lowest BCUT2D eigenvalue weighted by molar-refractivity contribution is 0.0916. The minimum atomic E-state index is -0.0862. The Bertz CT molecular complexity index is 492. The van der Waals surface area contributed by atoms with Crippen LogP contribution in [-0.4, -0.2) is 26.2 Å². The Morgan fingerprint density at radius 1 is 1.15 bits per heavy atom. The lowest BCUT2D eigenvalue weighted by Gasteiger charge is -2.23. The number of benzene rings is 1. The maximum absolute atomic E-state index is 12.6. The molecule has 20 heavy (non-hydrogen) atoms. The van der Waals surface area contributed by atoms with Gasteiger partial charge in [-0.05, 0) is 43.2 Å². The highest BCUT2D eigenvalue weighted by Crippen LogP contribution is 2.44. The Morgan fingerprint density at radius 2 is 1.85 bits per heavy atom. The van der Waals surface area contributed by atoms with Crippen molar-refractivity contribution in [3.05, 3.63) is 23.8 Å². The molecular formula is C16H21NO3. The number of nitrogens with one attached hydrogen (secondary N) is 1. The Hall–Kier alpha value is -1.71. The third-order valence-corrected chi connectivity index (χ3v) is 4.71. The van der Waals surface area contributed by atoms with Crippen LogP contribution in [0.25, 0.3) is 0 Å². The number of rotatable bonds is 4.